The van der Waals surface area contributed by atoms with E-state index in [9.17, 15) is 5.11 Å². The maximum Gasteiger partial charge on any atom is 0.118 e. The molecule has 0 radical (unpaired) electrons. The third-order valence-electron chi connectivity index (χ3n) is 5.12. The van der Waals surface area contributed by atoms with E-state index in [1.807, 2.05) is 13.0 Å². The van der Waals surface area contributed by atoms with Crippen molar-refractivity contribution in [1.29, 1.82) is 0 Å². The van der Waals surface area contributed by atoms with Crippen LogP contribution in [0.2, 0.25) is 0 Å². The molecular formula is C22H20O. The Kier molecular flexibility index (Phi) is 2.89. The second-order valence-electron chi connectivity index (χ2n) is 6.90. The summed E-state index contributed by atoms with van der Waals surface area (Å²) in [6.07, 6.45) is 0. The van der Waals surface area contributed by atoms with Crippen LogP contribution >= 0.6 is 0 Å². The van der Waals surface area contributed by atoms with Crippen LogP contribution < -0.4 is 0 Å². The van der Waals surface area contributed by atoms with E-state index in [1.165, 1.54) is 27.8 Å². The fraction of sp³-hybridized carbons (Fsp3) is 0.182. The highest BCUT2D eigenvalue weighted by Crippen LogP contribution is 2.51. The van der Waals surface area contributed by atoms with Gasteiger partial charge in [-0.15, -0.1) is 0 Å². The second kappa shape index (κ2) is 4.73. The van der Waals surface area contributed by atoms with Gasteiger partial charge in [-0.1, -0.05) is 62.4 Å². The molecule has 0 aromatic heterocycles. The summed E-state index contributed by atoms with van der Waals surface area (Å²) >= 11 is 0. The summed E-state index contributed by atoms with van der Waals surface area (Å²) < 4.78 is 0. The predicted molar refractivity (Wildman–Crippen MR) is 95.8 cm³/mol. The molecular weight excluding hydrogens is 280 g/mol. The van der Waals surface area contributed by atoms with E-state index in [-0.39, 0.29) is 5.41 Å². The summed E-state index contributed by atoms with van der Waals surface area (Å²) in [4.78, 5) is 0. The third-order valence-corrected chi connectivity index (χ3v) is 5.12. The molecule has 0 fully saturated rings. The Bertz CT molecular complexity index is 919. The van der Waals surface area contributed by atoms with Crippen molar-refractivity contribution < 1.29 is 5.11 Å². The molecule has 23 heavy (non-hydrogen) atoms. The van der Waals surface area contributed by atoms with Gasteiger partial charge in [-0.2, -0.15) is 0 Å². The molecule has 0 heterocycles. The molecule has 0 saturated carbocycles. The van der Waals surface area contributed by atoms with Crippen molar-refractivity contribution >= 4 is 0 Å². The molecule has 114 valence electrons. The minimum atomic E-state index is 0.0217. The van der Waals surface area contributed by atoms with Gasteiger partial charge in [-0.3, -0.25) is 0 Å². The van der Waals surface area contributed by atoms with Crippen LogP contribution in [-0.4, -0.2) is 5.11 Å². The zero-order chi connectivity index (χ0) is 16.2. The van der Waals surface area contributed by atoms with Gasteiger partial charge in [0.2, 0.25) is 0 Å². The molecule has 0 spiro atoms. The lowest BCUT2D eigenvalue weighted by Gasteiger charge is -2.21. The molecule has 1 heteroatoms. The Morgan fingerprint density at radius 1 is 0.783 bits per heavy atom. The Labute approximate surface area is 137 Å². The number of benzene rings is 3. The van der Waals surface area contributed by atoms with E-state index < -0.39 is 0 Å². The first-order valence-electron chi connectivity index (χ1n) is 8.03. The fourth-order valence-corrected chi connectivity index (χ4v) is 3.82. The van der Waals surface area contributed by atoms with Crippen LogP contribution in [-0.2, 0) is 5.41 Å². The summed E-state index contributed by atoms with van der Waals surface area (Å²) in [7, 11) is 0. The van der Waals surface area contributed by atoms with Crippen LogP contribution in [0.25, 0.3) is 22.3 Å². The average molecular weight is 300 g/mol. The number of hydrogen-bond donors (Lipinski definition) is 1. The van der Waals surface area contributed by atoms with Gasteiger partial charge in [0, 0.05) is 5.41 Å². The van der Waals surface area contributed by atoms with E-state index >= 15 is 0 Å². The van der Waals surface area contributed by atoms with E-state index in [1.54, 1.807) is 6.07 Å². The number of phenolic OH excluding ortho intramolecular Hbond substituents is 1. The Morgan fingerprint density at radius 3 is 2.26 bits per heavy atom. The van der Waals surface area contributed by atoms with Crippen LogP contribution in [0.15, 0.2) is 60.7 Å². The number of rotatable bonds is 1. The monoisotopic (exact) mass is 300 g/mol. The fourth-order valence-electron chi connectivity index (χ4n) is 3.82. The van der Waals surface area contributed by atoms with Crippen LogP contribution in [0.3, 0.4) is 0 Å². The second-order valence-corrected chi connectivity index (χ2v) is 6.90. The third kappa shape index (κ3) is 1.93. The molecule has 1 nitrogen and oxygen atoms in total. The van der Waals surface area contributed by atoms with E-state index in [0.717, 1.165) is 11.1 Å². The van der Waals surface area contributed by atoms with Gasteiger partial charge in [0.05, 0.1) is 0 Å². The SMILES string of the molecule is Cc1cc(-c2cccc3c2-c2ccccc2C3(C)C)ccc1O. The molecule has 0 atom stereocenters. The highest BCUT2D eigenvalue weighted by molar-refractivity contribution is 5.92. The number of aryl methyl sites for hydroxylation is 1. The Balaban J connectivity index is 2.04. The van der Waals surface area contributed by atoms with Gasteiger partial charge in [0.25, 0.3) is 0 Å². The van der Waals surface area contributed by atoms with E-state index in [4.69, 9.17) is 0 Å². The minimum absolute atomic E-state index is 0.0217. The molecule has 3 aromatic rings. The molecule has 0 aliphatic heterocycles. The first-order chi connectivity index (χ1) is 11.0. The van der Waals surface area contributed by atoms with Gasteiger partial charge in [0.15, 0.2) is 0 Å². The number of aromatic hydroxyl groups is 1. The van der Waals surface area contributed by atoms with Crippen molar-refractivity contribution in [3.8, 4) is 28.0 Å². The normalized spacial score (nSPS) is 14.4. The highest BCUT2D eigenvalue weighted by atomic mass is 16.3. The van der Waals surface area contributed by atoms with Crippen molar-refractivity contribution in [2.24, 2.45) is 0 Å². The summed E-state index contributed by atoms with van der Waals surface area (Å²) in [5.74, 6) is 0.349. The zero-order valence-electron chi connectivity index (χ0n) is 13.7. The van der Waals surface area contributed by atoms with Crippen LogP contribution in [0.5, 0.6) is 5.75 Å². The van der Waals surface area contributed by atoms with Crippen molar-refractivity contribution in [3.63, 3.8) is 0 Å². The lowest BCUT2D eigenvalue weighted by molar-refractivity contribution is 0.471. The minimum Gasteiger partial charge on any atom is -0.508 e. The highest BCUT2D eigenvalue weighted by Gasteiger charge is 2.36. The topological polar surface area (TPSA) is 20.2 Å². The lowest BCUT2D eigenvalue weighted by atomic mass is 9.82. The number of phenols is 1. The van der Waals surface area contributed by atoms with Crippen molar-refractivity contribution in [1.82, 2.24) is 0 Å². The molecule has 3 aromatic carbocycles. The molecule has 1 aliphatic rings. The molecule has 1 aliphatic carbocycles. The van der Waals surface area contributed by atoms with Crippen LogP contribution in [0, 0.1) is 6.92 Å². The average Bonchev–Trinajstić information content (AvgIpc) is 2.79. The maximum atomic E-state index is 9.82. The van der Waals surface area contributed by atoms with E-state index in [2.05, 4.69) is 62.4 Å². The molecule has 0 saturated heterocycles. The number of hydrogen-bond acceptors (Lipinski definition) is 1. The number of fused-ring (bicyclic) bond motifs is 3. The quantitative estimate of drug-likeness (QED) is 0.613. The van der Waals surface area contributed by atoms with Gasteiger partial charge in [-0.05, 0) is 58.0 Å². The first kappa shape index (κ1) is 14.1. The molecule has 0 amide bonds. The molecule has 4 rings (SSSR count). The standard InChI is InChI=1S/C22H20O/c1-14-13-15(11-12-20(14)23)16-8-6-10-19-21(16)17-7-4-5-9-18(17)22(19,2)3/h4-13,23H,1-3H3. The first-order valence-corrected chi connectivity index (χ1v) is 8.03. The van der Waals surface area contributed by atoms with Gasteiger partial charge >= 0.3 is 0 Å². The lowest BCUT2D eigenvalue weighted by Crippen LogP contribution is -2.14. The molecule has 1 N–H and O–H groups in total. The maximum absolute atomic E-state index is 9.82. The van der Waals surface area contributed by atoms with Crippen molar-refractivity contribution in [3.05, 3.63) is 77.4 Å². The Hall–Kier alpha value is -2.54. The predicted octanol–water partition coefficient (Wildman–Crippen LogP) is 5.67. The Morgan fingerprint density at radius 2 is 1.48 bits per heavy atom. The molecule has 0 bridgehead atoms. The van der Waals surface area contributed by atoms with E-state index in [0.29, 0.717) is 5.75 Å². The van der Waals surface area contributed by atoms with Gasteiger partial charge in [0.1, 0.15) is 5.75 Å². The summed E-state index contributed by atoms with van der Waals surface area (Å²) in [5, 5.41) is 9.82. The van der Waals surface area contributed by atoms with Crippen LogP contribution in [0.4, 0.5) is 0 Å². The van der Waals surface area contributed by atoms with Crippen LogP contribution in [0.1, 0.15) is 30.5 Å². The zero-order valence-corrected chi connectivity index (χ0v) is 13.7. The molecule has 0 unspecified atom stereocenters. The summed E-state index contributed by atoms with van der Waals surface area (Å²) in [6.45, 7) is 6.53. The largest absolute Gasteiger partial charge is 0.508 e. The van der Waals surface area contributed by atoms with Gasteiger partial charge < -0.3 is 5.11 Å². The van der Waals surface area contributed by atoms with Crippen molar-refractivity contribution in [2.45, 2.75) is 26.2 Å². The van der Waals surface area contributed by atoms with Gasteiger partial charge in [-0.25, -0.2) is 0 Å². The summed E-state index contributed by atoms with van der Waals surface area (Å²) in [5.41, 5.74) is 8.75. The van der Waals surface area contributed by atoms with Crippen molar-refractivity contribution in [2.75, 3.05) is 0 Å². The smallest absolute Gasteiger partial charge is 0.118 e. The summed E-state index contributed by atoms with van der Waals surface area (Å²) in [6, 6.07) is 21.1.